The molecule has 0 fully saturated rings. The fourth-order valence-corrected chi connectivity index (χ4v) is 2.51. The minimum absolute atomic E-state index is 0.0931. The van der Waals surface area contributed by atoms with E-state index in [4.69, 9.17) is 5.73 Å². The largest absolute Gasteiger partial charge is 0.344 e. The molecule has 0 aromatic carbocycles. The summed E-state index contributed by atoms with van der Waals surface area (Å²) in [5.41, 5.74) is 5.24. The molecule has 20 heavy (non-hydrogen) atoms. The van der Waals surface area contributed by atoms with Crippen LogP contribution in [0.15, 0.2) is 0 Å². The third kappa shape index (κ3) is 15.5. The summed E-state index contributed by atoms with van der Waals surface area (Å²) < 4.78 is 0. The van der Waals surface area contributed by atoms with Crippen molar-refractivity contribution in [2.75, 3.05) is 6.67 Å². The maximum absolute atomic E-state index is 11.2. The summed E-state index contributed by atoms with van der Waals surface area (Å²) in [6.45, 7) is 2.53. The van der Waals surface area contributed by atoms with Gasteiger partial charge in [-0.2, -0.15) is 0 Å². The van der Waals surface area contributed by atoms with Crippen LogP contribution >= 0.6 is 0 Å². The van der Waals surface area contributed by atoms with Crippen molar-refractivity contribution in [1.29, 1.82) is 0 Å². The molecule has 0 saturated heterocycles. The van der Waals surface area contributed by atoms with Crippen molar-refractivity contribution >= 4 is 5.91 Å². The summed E-state index contributed by atoms with van der Waals surface area (Å²) in [7, 11) is 0. The number of nitrogens with two attached hydrogens (primary N) is 1. The Bertz CT molecular complexity index is 207. The van der Waals surface area contributed by atoms with E-state index in [1.165, 1.54) is 77.0 Å². The third-order valence-corrected chi connectivity index (χ3v) is 3.81. The van der Waals surface area contributed by atoms with Crippen molar-refractivity contribution < 1.29 is 4.79 Å². The van der Waals surface area contributed by atoms with Crippen molar-refractivity contribution in [3.05, 3.63) is 0 Å². The summed E-state index contributed by atoms with van der Waals surface area (Å²) in [6, 6.07) is 0. The van der Waals surface area contributed by atoms with E-state index >= 15 is 0 Å². The second-order valence-electron chi connectivity index (χ2n) is 5.80. The fraction of sp³-hybridized carbons (Fsp3) is 0.941. The molecule has 0 aromatic rings. The standard InChI is InChI=1S/C17H36N2O/c1-2-3-4-5-6-7-8-9-10-11-12-13-14-15-17(20)19-16-18/h2-16,18H2,1H3,(H,19,20). The number of amides is 1. The van der Waals surface area contributed by atoms with Gasteiger partial charge in [0.15, 0.2) is 0 Å². The van der Waals surface area contributed by atoms with E-state index in [1.807, 2.05) is 0 Å². The minimum Gasteiger partial charge on any atom is -0.344 e. The molecule has 3 nitrogen and oxygen atoms in total. The van der Waals surface area contributed by atoms with E-state index in [1.54, 1.807) is 0 Å². The molecular formula is C17H36N2O. The number of hydrogen-bond donors (Lipinski definition) is 2. The highest BCUT2D eigenvalue weighted by atomic mass is 16.1. The molecule has 0 aliphatic rings. The first-order valence-electron chi connectivity index (χ1n) is 8.78. The number of nitrogens with one attached hydrogen (secondary N) is 1. The molecule has 0 bridgehead atoms. The van der Waals surface area contributed by atoms with Crippen LogP contribution in [0.5, 0.6) is 0 Å². The summed E-state index contributed by atoms with van der Waals surface area (Å²) in [5, 5.41) is 2.63. The van der Waals surface area contributed by atoms with Gasteiger partial charge < -0.3 is 11.1 Å². The predicted molar refractivity (Wildman–Crippen MR) is 87.5 cm³/mol. The number of hydrogen-bond acceptors (Lipinski definition) is 2. The molecule has 0 aromatic heterocycles. The summed E-state index contributed by atoms with van der Waals surface area (Å²) in [6.07, 6.45) is 18.0. The average Bonchev–Trinajstić information content (AvgIpc) is 2.44. The topological polar surface area (TPSA) is 55.1 Å². The highest BCUT2D eigenvalue weighted by molar-refractivity contribution is 5.75. The SMILES string of the molecule is CCCCCCCCCCCCCCCC(=O)NCN. The zero-order chi connectivity index (χ0) is 14.9. The predicted octanol–water partition coefficient (Wildman–Crippen LogP) is 4.50. The quantitative estimate of drug-likeness (QED) is 0.343. The molecule has 120 valence electrons. The van der Waals surface area contributed by atoms with Gasteiger partial charge in [0, 0.05) is 6.42 Å². The maximum Gasteiger partial charge on any atom is 0.220 e. The van der Waals surface area contributed by atoms with E-state index in [0.29, 0.717) is 6.42 Å². The number of unbranched alkanes of at least 4 members (excludes halogenated alkanes) is 12. The molecule has 0 rings (SSSR count). The Hall–Kier alpha value is -0.570. The summed E-state index contributed by atoms with van der Waals surface area (Å²) in [4.78, 5) is 11.2. The molecular weight excluding hydrogens is 248 g/mol. The van der Waals surface area contributed by atoms with Crippen molar-refractivity contribution in [1.82, 2.24) is 5.32 Å². The van der Waals surface area contributed by atoms with Crippen LogP contribution in [0.1, 0.15) is 96.8 Å². The molecule has 0 radical (unpaired) electrons. The molecule has 3 heteroatoms. The first-order chi connectivity index (χ1) is 9.81. The Balaban J connectivity index is 3.01. The smallest absolute Gasteiger partial charge is 0.220 e. The first-order valence-corrected chi connectivity index (χ1v) is 8.78. The van der Waals surface area contributed by atoms with Gasteiger partial charge in [0.1, 0.15) is 0 Å². The van der Waals surface area contributed by atoms with Crippen molar-refractivity contribution in [2.45, 2.75) is 96.8 Å². The normalized spacial score (nSPS) is 10.7. The number of carbonyl (C=O) groups is 1. The van der Waals surface area contributed by atoms with Crippen LogP contribution in [0, 0.1) is 0 Å². The van der Waals surface area contributed by atoms with Crippen LogP contribution in [0.4, 0.5) is 0 Å². The number of carbonyl (C=O) groups excluding carboxylic acids is 1. The summed E-state index contributed by atoms with van der Waals surface area (Å²) in [5.74, 6) is 0.0931. The Kier molecular flexibility index (Phi) is 16.0. The minimum atomic E-state index is 0.0931. The molecule has 0 spiro atoms. The Morgan fingerprint density at radius 3 is 1.55 bits per heavy atom. The third-order valence-electron chi connectivity index (χ3n) is 3.81. The molecule has 0 saturated carbocycles. The van der Waals surface area contributed by atoms with Crippen molar-refractivity contribution in [2.24, 2.45) is 5.73 Å². The molecule has 0 aliphatic heterocycles. The van der Waals surface area contributed by atoms with Crippen LogP contribution in [-0.2, 0) is 4.79 Å². The average molecular weight is 284 g/mol. The maximum atomic E-state index is 11.2. The van der Waals surface area contributed by atoms with Crippen LogP contribution in [0.3, 0.4) is 0 Å². The monoisotopic (exact) mass is 284 g/mol. The fourth-order valence-electron chi connectivity index (χ4n) is 2.51. The highest BCUT2D eigenvalue weighted by Gasteiger charge is 1.98. The lowest BCUT2D eigenvalue weighted by Crippen LogP contribution is -2.28. The van der Waals surface area contributed by atoms with E-state index < -0.39 is 0 Å². The van der Waals surface area contributed by atoms with E-state index in [0.717, 1.165) is 6.42 Å². The van der Waals surface area contributed by atoms with Gasteiger partial charge in [0.25, 0.3) is 0 Å². The van der Waals surface area contributed by atoms with Gasteiger partial charge in [0.2, 0.25) is 5.91 Å². The van der Waals surface area contributed by atoms with Gasteiger partial charge in [0.05, 0.1) is 6.67 Å². The zero-order valence-electron chi connectivity index (χ0n) is 13.6. The number of rotatable bonds is 15. The van der Waals surface area contributed by atoms with Gasteiger partial charge in [-0.15, -0.1) is 0 Å². The van der Waals surface area contributed by atoms with Crippen LogP contribution in [0.25, 0.3) is 0 Å². The van der Waals surface area contributed by atoms with Crippen molar-refractivity contribution in [3.63, 3.8) is 0 Å². The second kappa shape index (κ2) is 16.5. The van der Waals surface area contributed by atoms with Crippen molar-refractivity contribution in [3.8, 4) is 0 Å². The Morgan fingerprint density at radius 2 is 1.15 bits per heavy atom. The summed E-state index contributed by atoms with van der Waals surface area (Å²) >= 11 is 0. The molecule has 0 unspecified atom stereocenters. The van der Waals surface area contributed by atoms with E-state index in [2.05, 4.69) is 12.2 Å². The Labute approximate surface area is 126 Å². The lowest BCUT2D eigenvalue weighted by Gasteiger charge is -2.03. The lowest BCUT2D eigenvalue weighted by atomic mass is 10.0. The molecule has 1 amide bonds. The lowest BCUT2D eigenvalue weighted by molar-refractivity contribution is -0.121. The van der Waals surface area contributed by atoms with E-state index in [-0.39, 0.29) is 12.6 Å². The van der Waals surface area contributed by atoms with Gasteiger partial charge in [-0.3, -0.25) is 4.79 Å². The molecule has 0 atom stereocenters. The molecule has 0 heterocycles. The van der Waals surface area contributed by atoms with Gasteiger partial charge in [-0.25, -0.2) is 0 Å². The second-order valence-corrected chi connectivity index (χ2v) is 5.80. The van der Waals surface area contributed by atoms with Gasteiger partial charge in [-0.1, -0.05) is 84.0 Å². The molecule has 0 aliphatic carbocycles. The van der Waals surface area contributed by atoms with Gasteiger partial charge >= 0.3 is 0 Å². The first kappa shape index (κ1) is 19.4. The molecule has 3 N–H and O–H groups in total. The highest BCUT2D eigenvalue weighted by Crippen LogP contribution is 2.12. The van der Waals surface area contributed by atoms with E-state index in [9.17, 15) is 4.79 Å². The van der Waals surface area contributed by atoms with Gasteiger partial charge in [-0.05, 0) is 6.42 Å². The Morgan fingerprint density at radius 1 is 0.750 bits per heavy atom. The van der Waals surface area contributed by atoms with Crippen LogP contribution < -0.4 is 11.1 Å². The van der Waals surface area contributed by atoms with Crippen LogP contribution in [0.2, 0.25) is 0 Å². The zero-order valence-corrected chi connectivity index (χ0v) is 13.6. The van der Waals surface area contributed by atoms with Crippen LogP contribution in [-0.4, -0.2) is 12.6 Å².